The van der Waals surface area contributed by atoms with E-state index in [1.165, 1.54) is 0 Å². The van der Waals surface area contributed by atoms with E-state index in [0.29, 0.717) is 18.1 Å². The lowest BCUT2D eigenvalue weighted by molar-refractivity contribution is -0.155. The zero-order valence-electron chi connectivity index (χ0n) is 19.4. The predicted octanol–water partition coefficient (Wildman–Crippen LogP) is 5.45. The highest BCUT2D eigenvalue weighted by Gasteiger charge is 2.52. The molecular weight excluding hydrogens is 424 g/mol. The molecule has 0 saturated carbocycles. The predicted molar refractivity (Wildman–Crippen MR) is 134 cm³/mol. The molecule has 2 unspecified atom stereocenters. The van der Waals surface area contributed by atoms with Crippen LogP contribution in [-0.4, -0.2) is 49.7 Å². The number of amides is 1. The molecule has 2 saturated heterocycles. The van der Waals surface area contributed by atoms with Gasteiger partial charge in [0.2, 0.25) is 5.91 Å². The van der Waals surface area contributed by atoms with Gasteiger partial charge in [-0.1, -0.05) is 76.4 Å². The number of para-hydroxylation sites is 1. The van der Waals surface area contributed by atoms with Crippen molar-refractivity contribution < 1.29 is 14.3 Å². The summed E-state index contributed by atoms with van der Waals surface area (Å²) in [6, 6.07) is 7.99. The average Bonchev–Trinajstić information content (AvgIpc) is 2.71. The Balaban J connectivity index is 1.56. The second-order valence-corrected chi connectivity index (χ2v) is 15.5. The van der Waals surface area contributed by atoms with Crippen LogP contribution in [0.2, 0.25) is 18.1 Å². The first-order valence-corrected chi connectivity index (χ1v) is 14.6. The highest BCUT2D eigenvalue weighted by molar-refractivity contribution is 7.80. The van der Waals surface area contributed by atoms with Crippen LogP contribution in [0.5, 0.6) is 0 Å². The van der Waals surface area contributed by atoms with Gasteiger partial charge in [0.15, 0.2) is 14.5 Å². The summed E-state index contributed by atoms with van der Waals surface area (Å²) in [6.07, 6.45) is 7.17. The van der Waals surface area contributed by atoms with Crippen molar-refractivity contribution >= 4 is 43.1 Å². The normalized spacial score (nSPS) is 22.5. The number of carbonyl (C=O) groups excluding carboxylic acids is 1. The fourth-order valence-electron chi connectivity index (χ4n) is 3.69. The largest absolute Gasteiger partial charge is 0.367 e. The second kappa shape index (κ2) is 9.94. The summed E-state index contributed by atoms with van der Waals surface area (Å²) in [5, 5.41) is 3.46. The first-order chi connectivity index (χ1) is 14.6. The Morgan fingerprint density at radius 2 is 2.06 bits per heavy atom. The Bertz CT molecular complexity index is 828. The minimum Gasteiger partial charge on any atom is -0.367 e. The molecule has 7 heteroatoms. The molecule has 0 aliphatic carbocycles. The van der Waals surface area contributed by atoms with Gasteiger partial charge >= 0.3 is 0 Å². The maximum Gasteiger partial charge on any atom is 0.226 e. The number of hydrogen-bond donors (Lipinski definition) is 1. The number of rotatable bonds is 7. The topological polar surface area (TPSA) is 50.8 Å². The third kappa shape index (κ3) is 5.63. The van der Waals surface area contributed by atoms with Crippen LogP contribution in [0.15, 0.2) is 30.3 Å². The van der Waals surface area contributed by atoms with Crippen LogP contribution in [0.1, 0.15) is 45.6 Å². The minimum absolute atomic E-state index is 0.0900. The maximum atomic E-state index is 12.9. The van der Waals surface area contributed by atoms with Crippen molar-refractivity contribution in [3.8, 4) is 0 Å². The van der Waals surface area contributed by atoms with Crippen molar-refractivity contribution in [2.75, 3.05) is 25.1 Å². The van der Waals surface area contributed by atoms with Crippen molar-refractivity contribution in [1.29, 1.82) is 0 Å². The van der Waals surface area contributed by atoms with E-state index in [-0.39, 0.29) is 23.2 Å². The van der Waals surface area contributed by atoms with E-state index < -0.39 is 8.24 Å². The van der Waals surface area contributed by atoms with E-state index in [0.717, 1.165) is 37.1 Å². The molecule has 0 radical (unpaired) electrons. The summed E-state index contributed by atoms with van der Waals surface area (Å²) in [5.41, 5.74) is 1.93. The molecule has 1 aromatic carbocycles. The SMILES string of the molecule is CC(C)(C)[Si](C)(C)N1CC(C(=S)Nc2ccccc2/C=C\COC2CCCCO2)C1=O. The van der Waals surface area contributed by atoms with Crippen LogP contribution in [0.3, 0.4) is 0 Å². The number of hydrogen-bond acceptors (Lipinski definition) is 4. The third-order valence-corrected chi connectivity index (χ3v) is 12.6. The van der Waals surface area contributed by atoms with E-state index in [9.17, 15) is 4.79 Å². The van der Waals surface area contributed by atoms with Gasteiger partial charge in [-0.25, -0.2) is 0 Å². The average molecular weight is 461 g/mol. The minimum atomic E-state index is -1.85. The van der Waals surface area contributed by atoms with E-state index >= 15 is 0 Å². The lowest BCUT2D eigenvalue weighted by Gasteiger charge is -2.53. The molecule has 2 fully saturated rings. The smallest absolute Gasteiger partial charge is 0.226 e. The van der Waals surface area contributed by atoms with Crippen molar-refractivity contribution in [3.63, 3.8) is 0 Å². The summed E-state index contributed by atoms with van der Waals surface area (Å²) < 4.78 is 13.5. The number of nitrogens with one attached hydrogen (secondary N) is 1. The summed E-state index contributed by atoms with van der Waals surface area (Å²) in [5.74, 6) is -0.0639. The molecular formula is C24H36N2O3SSi. The molecule has 0 spiro atoms. The molecule has 2 aliphatic rings. The molecule has 31 heavy (non-hydrogen) atoms. The van der Waals surface area contributed by atoms with E-state index in [4.69, 9.17) is 21.7 Å². The van der Waals surface area contributed by atoms with Gasteiger partial charge < -0.3 is 19.4 Å². The first kappa shape index (κ1) is 24.1. The zero-order chi connectivity index (χ0) is 22.6. The number of thiocarbonyl (C=S) groups is 1. The zero-order valence-corrected chi connectivity index (χ0v) is 21.3. The Kier molecular flexibility index (Phi) is 7.73. The van der Waals surface area contributed by atoms with Crippen LogP contribution in [-0.2, 0) is 14.3 Å². The molecule has 2 aliphatic heterocycles. The number of nitrogens with zero attached hydrogens (tertiary/aromatic N) is 1. The van der Waals surface area contributed by atoms with Crippen LogP contribution < -0.4 is 5.32 Å². The number of anilines is 1. The lowest BCUT2D eigenvalue weighted by atomic mass is 10.0. The molecule has 1 amide bonds. The Labute approximate surface area is 193 Å². The monoisotopic (exact) mass is 460 g/mol. The van der Waals surface area contributed by atoms with Gasteiger partial charge in [-0.2, -0.15) is 0 Å². The number of β-lactam (4-membered cyclic amide) rings is 1. The molecule has 0 aromatic heterocycles. The van der Waals surface area contributed by atoms with Gasteiger partial charge in [-0.05, 0) is 35.9 Å². The van der Waals surface area contributed by atoms with Crippen LogP contribution >= 0.6 is 12.2 Å². The van der Waals surface area contributed by atoms with Crippen LogP contribution in [0.25, 0.3) is 6.08 Å². The highest BCUT2D eigenvalue weighted by atomic mass is 32.1. The number of carbonyl (C=O) groups is 1. The van der Waals surface area contributed by atoms with Crippen molar-refractivity contribution in [1.82, 2.24) is 4.57 Å². The summed E-state index contributed by atoms with van der Waals surface area (Å²) in [4.78, 5) is 13.5. The van der Waals surface area contributed by atoms with E-state index in [1.807, 2.05) is 36.4 Å². The van der Waals surface area contributed by atoms with Gasteiger partial charge in [-0.3, -0.25) is 4.79 Å². The van der Waals surface area contributed by atoms with Gasteiger partial charge in [0.05, 0.1) is 11.6 Å². The fourth-order valence-corrected chi connectivity index (χ4v) is 6.13. The maximum absolute atomic E-state index is 12.9. The number of benzene rings is 1. The summed E-state index contributed by atoms with van der Waals surface area (Å²) >= 11 is 5.63. The quantitative estimate of drug-likeness (QED) is 0.333. The highest BCUT2D eigenvalue weighted by Crippen LogP contribution is 2.42. The second-order valence-electron chi connectivity index (χ2n) is 9.92. The molecule has 170 valence electrons. The molecule has 1 N–H and O–H groups in total. The van der Waals surface area contributed by atoms with Crippen molar-refractivity contribution in [2.45, 2.75) is 64.5 Å². The van der Waals surface area contributed by atoms with Gasteiger partial charge in [0.25, 0.3) is 0 Å². The van der Waals surface area contributed by atoms with Crippen molar-refractivity contribution in [2.24, 2.45) is 5.92 Å². The number of ether oxygens (including phenoxy) is 2. The van der Waals surface area contributed by atoms with E-state index in [1.54, 1.807) is 0 Å². The Morgan fingerprint density at radius 1 is 1.32 bits per heavy atom. The van der Waals surface area contributed by atoms with Crippen LogP contribution in [0, 0.1) is 5.92 Å². The molecule has 2 heterocycles. The van der Waals surface area contributed by atoms with Gasteiger partial charge in [-0.15, -0.1) is 0 Å². The standard InChI is InChI=1S/C24H36N2O3SSi/c1-24(2,3)31(4,5)26-17-19(23(26)27)22(30)25-20-13-7-6-11-18(20)12-10-16-29-21-14-8-9-15-28-21/h6-7,10-13,19,21H,8-9,14-17H2,1-5H3,(H,25,30)/b12-10-. The van der Waals surface area contributed by atoms with Crippen molar-refractivity contribution in [3.05, 3.63) is 35.9 Å². The summed E-state index contributed by atoms with van der Waals surface area (Å²) in [6.45, 7) is 13.2. The van der Waals surface area contributed by atoms with Crippen LogP contribution in [0.4, 0.5) is 5.69 Å². The fraction of sp³-hybridized carbons (Fsp3) is 0.583. The molecule has 3 rings (SSSR count). The molecule has 2 atom stereocenters. The molecule has 1 aromatic rings. The lowest BCUT2D eigenvalue weighted by Crippen LogP contribution is -2.69. The summed E-state index contributed by atoms with van der Waals surface area (Å²) in [7, 11) is -1.85. The van der Waals surface area contributed by atoms with E-state index in [2.05, 4.69) is 43.7 Å². The van der Waals surface area contributed by atoms with Gasteiger partial charge in [0, 0.05) is 18.8 Å². The van der Waals surface area contributed by atoms with Gasteiger partial charge in [0.1, 0.15) is 5.92 Å². The third-order valence-electron chi connectivity index (χ3n) is 6.79. The molecule has 5 nitrogen and oxygen atoms in total. The molecule has 0 bridgehead atoms. The first-order valence-electron chi connectivity index (χ1n) is 11.2. The Hall–Kier alpha value is -1.54. The Morgan fingerprint density at radius 3 is 2.71 bits per heavy atom.